The normalized spacial score (nSPS) is 16.2. The highest BCUT2D eigenvalue weighted by atomic mass is 16.3. The van der Waals surface area contributed by atoms with Gasteiger partial charge in [0.25, 0.3) is 5.91 Å². The molecule has 1 unspecified atom stereocenters. The largest absolute Gasteiger partial charge is 0.387 e. The van der Waals surface area contributed by atoms with E-state index in [2.05, 4.69) is 10.3 Å². The van der Waals surface area contributed by atoms with E-state index in [1.54, 1.807) is 34.1 Å². The number of carbonyl (C=O) groups excluding carboxylic acids is 2. The highest BCUT2D eigenvalue weighted by molar-refractivity contribution is 5.94. The summed E-state index contributed by atoms with van der Waals surface area (Å²) in [7, 11) is 0. The summed E-state index contributed by atoms with van der Waals surface area (Å²) in [6.45, 7) is 0.269. The summed E-state index contributed by atoms with van der Waals surface area (Å²) >= 11 is 0. The average molecular weight is 364 g/mol. The highest BCUT2D eigenvalue weighted by Crippen LogP contribution is 2.29. The van der Waals surface area contributed by atoms with E-state index in [1.807, 2.05) is 30.3 Å². The van der Waals surface area contributed by atoms with Gasteiger partial charge in [-0.25, -0.2) is 4.98 Å². The Bertz CT molecular complexity index is 998. The lowest BCUT2D eigenvalue weighted by Gasteiger charge is -2.37. The Hall–Kier alpha value is -3.19. The molecule has 2 N–H and O–H groups in total. The monoisotopic (exact) mass is 364 g/mol. The molecule has 1 aliphatic rings. The molecule has 0 radical (unpaired) electrons. The standard InChI is InChI=1S/C20H20N4O3/c25-12-19(26)24-8-7-14-3-1-2-4-17(14)18(24)10-22-20(27)15-5-6-16-9-21-13-23(16)11-15/h1-6,9,11,13,18,25H,7-8,10,12H2,(H,22,27). The molecule has 3 heterocycles. The van der Waals surface area contributed by atoms with Crippen LogP contribution in [0.15, 0.2) is 55.1 Å². The molecule has 1 atom stereocenters. The van der Waals surface area contributed by atoms with Crippen LogP contribution in [0, 0.1) is 0 Å². The fraction of sp³-hybridized carbons (Fsp3) is 0.250. The molecule has 3 aromatic rings. The number of hydrogen-bond donors (Lipinski definition) is 2. The van der Waals surface area contributed by atoms with Crippen molar-refractivity contribution in [1.29, 1.82) is 0 Å². The zero-order valence-corrected chi connectivity index (χ0v) is 14.7. The summed E-state index contributed by atoms with van der Waals surface area (Å²) in [5.41, 5.74) is 3.60. The van der Waals surface area contributed by atoms with Gasteiger partial charge in [-0.1, -0.05) is 24.3 Å². The van der Waals surface area contributed by atoms with Gasteiger partial charge in [-0.3, -0.25) is 9.59 Å². The van der Waals surface area contributed by atoms with Gasteiger partial charge in [0.1, 0.15) is 6.61 Å². The molecule has 1 aromatic carbocycles. The van der Waals surface area contributed by atoms with Crippen LogP contribution >= 0.6 is 0 Å². The summed E-state index contributed by atoms with van der Waals surface area (Å²) in [4.78, 5) is 30.5. The van der Waals surface area contributed by atoms with Crippen LogP contribution in [0.25, 0.3) is 5.52 Å². The van der Waals surface area contributed by atoms with E-state index >= 15 is 0 Å². The highest BCUT2D eigenvalue weighted by Gasteiger charge is 2.30. The predicted molar refractivity (Wildman–Crippen MR) is 99.2 cm³/mol. The zero-order chi connectivity index (χ0) is 18.8. The molecule has 4 rings (SSSR count). The van der Waals surface area contributed by atoms with Crippen LogP contribution in [0.2, 0.25) is 0 Å². The topological polar surface area (TPSA) is 86.9 Å². The van der Waals surface area contributed by atoms with E-state index in [9.17, 15) is 14.7 Å². The molecule has 2 aromatic heterocycles. The van der Waals surface area contributed by atoms with E-state index in [1.165, 1.54) is 5.56 Å². The van der Waals surface area contributed by atoms with Crippen molar-refractivity contribution in [3.63, 3.8) is 0 Å². The van der Waals surface area contributed by atoms with E-state index in [0.717, 1.165) is 17.5 Å². The first-order valence-corrected chi connectivity index (χ1v) is 8.85. The average Bonchev–Trinajstić information content (AvgIpc) is 3.18. The summed E-state index contributed by atoms with van der Waals surface area (Å²) in [6.07, 6.45) is 5.83. The molecule has 7 nitrogen and oxygen atoms in total. The van der Waals surface area contributed by atoms with Gasteiger partial charge < -0.3 is 19.7 Å². The van der Waals surface area contributed by atoms with Crippen LogP contribution < -0.4 is 5.32 Å². The molecule has 0 bridgehead atoms. The fourth-order valence-electron chi connectivity index (χ4n) is 3.61. The molecular weight excluding hydrogens is 344 g/mol. The molecule has 0 aliphatic carbocycles. The van der Waals surface area contributed by atoms with Gasteiger partial charge in [0.2, 0.25) is 5.91 Å². The summed E-state index contributed by atoms with van der Waals surface area (Å²) in [5.74, 6) is -0.548. The maximum Gasteiger partial charge on any atom is 0.252 e. The van der Waals surface area contributed by atoms with Gasteiger partial charge in [-0.15, -0.1) is 0 Å². The number of aliphatic hydroxyl groups excluding tert-OH is 1. The maximum atomic E-state index is 12.6. The molecular formula is C20H20N4O3. The lowest BCUT2D eigenvalue weighted by Crippen LogP contribution is -2.46. The quantitative estimate of drug-likeness (QED) is 0.728. The molecule has 7 heteroatoms. The number of rotatable bonds is 4. The van der Waals surface area contributed by atoms with Crippen LogP contribution in [0.1, 0.15) is 27.5 Å². The minimum atomic E-state index is -0.538. The first-order chi connectivity index (χ1) is 13.2. The number of benzene rings is 1. The van der Waals surface area contributed by atoms with Crippen LogP contribution in [0.5, 0.6) is 0 Å². The van der Waals surface area contributed by atoms with Crippen molar-refractivity contribution in [3.05, 3.63) is 71.8 Å². The Morgan fingerprint density at radius 1 is 1.22 bits per heavy atom. The second-order valence-corrected chi connectivity index (χ2v) is 6.56. The SMILES string of the molecule is O=C(NCC1c2ccccc2CCN1C(=O)CO)c1ccc2cncn2c1. The van der Waals surface area contributed by atoms with Gasteiger partial charge >= 0.3 is 0 Å². The summed E-state index contributed by atoms with van der Waals surface area (Å²) < 4.78 is 1.78. The van der Waals surface area contributed by atoms with Gasteiger partial charge in [0, 0.05) is 19.3 Å². The van der Waals surface area contributed by atoms with Crippen LogP contribution in [-0.4, -0.2) is 50.9 Å². The molecule has 2 amide bonds. The summed E-state index contributed by atoms with van der Waals surface area (Å²) in [5, 5.41) is 12.2. The van der Waals surface area contributed by atoms with E-state index in [4.69, 9.17) is 0 Å². The number of fused-ring (bicyclic) bond motifs is 2. The number of aliphatic hydroxyl groups is 1. The second kappa shape index (κ2) is 7.20. The third kappa shape index (κ3) is 3.29. The van der Waals surface area contributed by atoms with Gasteiger partial charge in [-0.05, 0) is 29.7 Å². The van der Waals surface area contributed by atoms with Gasteiger partial charge in [0.15, 0.2) is 0 Å². The van der Waals surface area contributed by atoms with Crippen molar-refractivity contribution < 1.29 is 14.7 Å². The van der Waals surface area contributed by atoms with Gasteiger partial charge in [-0.2, -0.15) is 0 Å². The second-order valence-electron chi connectivity index (χ2n) is 6.56. The molecule has 1 aliphatic heterocycles. The van der Waals surface area contributed by atoms with Crippen molar-refractivity contribution in [2.75, 3.05) is 19.7 Å². The van der Waals surface area contributed by atoms with E-state index in [0.29, 0.717) is 12.1 Å². The number of nitrogens with zero attached hydrogens (tertiary/aromatic N) is 3. The Morgan fingerprint density at radius 3 is 2.93 bits per heavy atom. The number of hydrogen-bond acceptors (Lipinski definition) is 4. The van der Waals surface area contributed by atoms with Crippen LogP contribution in [0.4, 0.5) is 0 Å². The van der Waals surface area contributed by atoms with Gasteiger partial charge in [0.05, 0.1) is 29.6 Å². The van der Waals surface area contributed by atoms with Crippen molar-refractivity contribution in [1.82, 2.24) is 19.6 Å². The third-order valence-electron chi connectivity index (χ3n) is 4.99. The lowest BCUT2D eigenvalue weighted by molar-refractivity contribution is -0.137. The first-order valence-electron chi connectivity index (χ1n) is 8.85. The Morgan fingerprint density at radius 2 is 2.07 bits per heavy atom. The zero-order valence-electron chi connectivity index (χ0n) is 14.7. The Labute approximate surface area is 156 Å². The fourth-order valence-corrected chi connectivity index (χ4v) is 3.61. The minimum absolute atomic E-state index is 0.218. The van der Waals surface area contributed by atoms with Crippen molar-refractivity contribution in [3.8, 4) is 0 Å². The van der Waals surface area contributed by atoms with Crippen molar-refractivity contribution in [2.45, 2.75) is 12.5 Å². The third-order valence-corrected chi connectivity index (χ3v) is 4.99. The smallest absolute Gasteiger partial charge is 0.252 e. The molecule has 0 saturated carbocycles. The minimum Gasteiger partial charge on any atom is -0.387 e. The Kier molecular flexibility index (Phi) is 4.60. The van der Waals surface area contributed by atoms with E-state index < -0.39 is 6.61 Å². The number of aromatic nitrogens is 2. The molecule has 138 valence electrons. The van der Waals surface area contributed by atoms with Crippen LogP contribution in [-0.2, 0) is 11.2 Å². The number of pyridine rings is 1. The number of carbonyl (C=O) groups is 2. The van der Waals surface area contributed by atoms with Crippen LogP contribution in [0.3, 0.4) is 0 Å². The number of amides is 2. The van der Waals surface area contributed by atoms with Crippen molar-refractivity contribution in [2.24, 2.45) is 0 Å². The first kappa shape index (κ1) is 17.2. The van der Waals surface area contributed by atoms with Crippen molar-refractivity contribution >= 4 is 17.3 Å². The van der Waals surface area contributed by atoms with E-state index in [-0.39, 0.29) is 24.4 Å². The number of imidazole rings is 1. The predicted octanol–water partition coefficient (Wildman–Crippen LogP) is 1.18. The molecule has 27 heavy (non-hydrogen) atoms. The molecule has 0 saturated heterocycles. The summed E-state index contributed by atoms with van der Waals surface area (Å²) in [6, 6.07) is 11.2. The molecule has 0 fully saturated rings. The molecule has 0 spiro atoms. The number of nitrogens with one attached hydrogen (secondary N) is 1. The Balaban J connectivity index is 1.55. The maximum absolute atomic E-state index is 12.6. The lowest BCUT2D eigenvalue weighted by atomic mass is 9.92.